The largest absolute Gasteiger partial charge is 0.396 e. The van der Waals surface area contributed by atoms with Crippen LogP contribution in [0.4, 0.5) is 0 Å². The molecule has 0 saturated carbocycles. The first-order chi connectivity index (χ1) is 9.08. The minimum atomic E-state index is 0.278. The molecule has 0 aliphatic heterocycles. The summed E-state index contributed by atoms with van der Waals surface area (Å²) in [5, 5.41) is 12.8. The molecule has 0 rings (SSSR count). The number of rotatable bonds is 12. The van der Waals surface area contributed by atoms with Gasteiger partial charge in [-0.2, -0.15) is 0 Å². The van der Waals surface area contributed by atoms with Crippen molar-refractivity contribution in [2.24, 2.45) is 5.92 Å². The molecule has 2 N–H and O–H groups in total. The third kappa shape index (κ3) is 8.61. The lowest BCUT2D eigenvalue weighted by Crippen LogP contribution is -2.47. The highest BCUT2D eigenvalue weighted by Gasteiger charge is 2.20. The Balaban J connectivity index is 4.53. The van der Waals surface area contributed by atoms with E-state index < -0.39 is 0 Å². The lowest BCUT2D eigenvalue weighted by Gasteiger charge is -2.35. The summed E-state index contributed by atoms with van der Waals surface area (Å²) in [5.74, 6) is 0.696. The SMILES string of the molecule is CCCNC(CCO)CN(CC(C)C)C(CC)CC. The fourth-order valence-electron chi connectivity index (χ4n) is 2.69. The van der Waals surface area contributed by atoms with Crippen molar-refractivity contribution in [3.05, 3.63) is 0 Å². The molecule has 0 aliphatic carbocycles. The zero-order valence-corrected chi connectivity index (χ0v) is 13.8. The molecule has 116 valence electrons. The van der Waals surface area contributed by atoms with Crippen LogP contribution in [0, 0.1) is 5.92 Å². The van der Waals surface area contributed by atoms with Crippen LogP contribution in [-0.4, -0.2) is 48.3 Å². The molecule has 0 heterocycles. The molecule has 0 aromatic heterocycles. The van der Waals surface area contributed by atoms with Gasteiger partial charge in [0.1, 0.15) is 0 Å². The van der Waals surface area contributed by atoms with Gasteiger partial charge in [0, 0.05) is 31.8 Å². The highest BCUT2D eigenvalue weighted by Crippen LogP contribution is 2.13. The van der Waals surface area contributed by atoms with E-state index in [1.54, 1.807) is 0 Å². The topological polar surface area (TPSA) is 35.5 Å². The highest BCUT2D eigenvalue weighted by molar-refractivity contribution is 4.77. The van der Waals surface area contributed by atoms with Crippen molar-refractivity contribution < 1.29 is 5.11 Å². The van der Waals surface area contributed by atoms with Crippen molar-refractivity contribution in [3.63, 3.8) is 0 Å². The molecule has 0 radical (unpaired) electrons. The second-order valence-corrected chi connectivity index (χ2v) is 5.98. The number of nitrogens with zero attached hydrogens (tertiary/aromatic N) is 1. The Hall–Kier alpha value is -0.120. The van der Waals surface area contributed by atoms with Crippen molar-refractivity contribution in [1.82, 2.24) is 10.2 Å². The fourth-order valence-corrected chi connectivity index (χ4v) is 2.69. The Morgan fingerprint density at radius 2 is 1.68 bits per heavy atom. The Kier molecular flexibility index (Phi) is 11.6. The van der Waals surface area contributed by atoms with Crippen molar-refractivity contribution in [2.45, 2.75) is 72.4 Å². The van der Waals surface area contributed by atoms with Crippen LogP contribution < -0.4 is 5.32 Å². The van der Waals surface area contributed by atoms with E-state index in [4.69, 9.17) is 0 Å². The van der Waals surface area contributed by atoms with Crippen LogP contribution in [-0.2, 0) is 0 Å². The maximum atomic E-state index is 9.23. The van der Waals surface area contributed by atoms with Crippen LogP contribution in [0.25, 0.3) is 0 Å². The molecular weight excluding hydrogens is 236 g/mol. The number of nitrogens with one attached hydrogen (secondary N) is 1. The summed E-state index contributed by atoms with van der Waals surface area (Å²) in [5.41, 5.74) is 0. The van der Waals surface area contributed by atoms with Crippen LogP contribution >= 0.6 is 0 Å². The quantitative estimate of drug-likeness (QED) is 0.573. The van der Waals surface area contributed by atoms with Crippen LogP contribution in [0.2, 0.25) is 0 Å². The number of hydrogen-bond acceptors (Lipinski definition) is 3. The monoisotopic (exact) mass is 272 g/mol. The molecule has 0 bridgehead atoms. The first-order valence-corrected chi connectivity index (χ1v) is 8.17. The van der Waals surface area contributed by atoms with Gasteiger partial charge in [0.15, 0.2) is 0 Å². The molecule has 19 heavy (non-hydrogen) atoms. The Morgan fingerprint density at radius 1 is 1.05 bits per heavy atom. The Morgan fingerprint density at radius 3 is 2.11 bits per heavy atom. The Labute approximate surface area is 120 Å². The molecule has 0 aromatic carbocycles. The van der Waals surface area contributed by atoms with Gasteiger partial charge in [-0.05, 0) is 38.1 Å². The van der Waals surface area contributed by atoms with Crippen molar-refractivity contribution >= 4 is 0 Å². The van der Waals surface area contributed by atoms with E-state index >= 15 is 0 Å². The van der Waals surface area contributed by atoms with Gasteiger partial charge in [0.2, 0.25) is 0 Å². The lowest BCUT2D eigenvalue weighted by atomic mass is 10.1. The van der Waals surface area contributed by atoms with Crippen LogP contribution in [0.3, 0.4) is 0 Å². The predicted octanol–water partition coefficient (Wildman–Crippen LogP) is 2.88. The second kappa shape index (κ2) is 11.7. The third-order valence-electron chi connectivity index (χ3n) is 3.67. The summed E-state index contributed by atoms with van der Waals surface area (Å²) in [6.07, 6.45) is 4.43. The van der Waals surface area contributed by atoms with E-state index in [0.29, 0.717) is 18.0 Å². The molecule has 3 nitrogen and oxygen atoms in total. The molecule has 1 atom stereocenters. The normalized spacial score (nSPS) is 13.7. The molecule has 0 spiro atoms. The summed E-state index contributed by atoms with van der Waals surface area (Å²) in [7, 11) is 0. The van der Waals surface area contributed by atoms with E-state index in [9.17, 15) is 5.11 Å². The second-order valence-electron chi connectivity index (χ2n) is 5.98. The summed E-state index contributed by atoms with van der Waals surface area (Å²) >= 11 is 0. The predicted molar refractivity (Wildman–Crippen MR) is 84.6 cm³/mol. The summed E-state index contributed by atoms with van der Waals surface area (Å²) in [6, 6.07) is 1.09. The molecular formula is C16H36N2O. The molecule has 1 unspecified atom stereocenters. The van der Waals surface area contributed by atoms with E-state index in [2.05, 4.69) is 44.8 Å². The lowest BCUT2D eigenvalue weighted by molar-refractivity contribution is 0.138. The van der Waals surface area contributed by atoms with Crippen LogP contribution in [0.5, 0.6) is 0 Å². The first-order valence-electron chi connectivity index (χ1n) is 8.17. The van der Waals surface area contributed by atoms with Crippen LogP contribution in [0.15, 0.2) is 0 Å². The van der Waals surface area contributed by atoms with E-state index in [1.165, 1.54) is 12.8 Å². The van der Waals surface area contributed by atoms with E-state index in [1.807, 2.05) is 0 Å². The highest BCUT2D eigenvalue weighted by atomic mass is 16.3. The van der Waals surface area contributed by atoms with Gasteiger partial charge in [-0.3, -0.25) is 4.90 Å². The molecule has 0 aliphatic rings. The summed E-state index contributed by atoms with van der Waals surface area (Å²) < 4.78 is 0. The number of aliphatic hydroxyl groups is 1. The molecule has 0 fully saturated rings. The Bertz CT molecular complexity index is 193. The smallest absolute Gasteiger partial charge is 0.0446 e. The first kappa shape index (κ1) is 18.9. The maximum absolute atomic E-state index is 9.23. The third-order valence-corrected chi connectivity index (χ3v) is 3.67. The molecule has 0 saturated heterocycles. The number of hydrogen-bond donors (Lipinski definition) is 2. The molecule has 0 amide bonds. The maximum Gasteiger partial charge on any atom is 0.0446 e. The molecule has 0 aromatic rings. The van der Waals surface area contributed by atoms with Crippen molar-refractivity contribution in [3.8, 4) is 0 Å². The average Bonchev–Trinajstić information content (AvgIpc) is 2.36. The van der Waals surface area contributed by atoms with Crippen molar-refractivity contribution in [1.29, 1.82) is 0 Å². The summed E-state index contributed by atoms with van der Waals surface area (Å²) in [4.78, 5) is 2.62. The van der Waals surface area contributed by atoms with Gasteiger partial charge in [-0.15, -0.1) is 0 Å². The van der Waals surface area contributed by atoms with E-state index in [0.717, 1.165) is 32.5 Å². The van der Waals surface area contributed by atoms with E-state index in [-0.39, 0.29) is 6.61 Å². The standard InChI is InChI=1S/C16H36N2O/c1-6-10-17-15(9-11-19)13-18(12-14(4)5)16(7-2)8-3/h14-17,19H,6-13H2,1-5H3. The average molecular weight is 272 g/mol. The molecule has 3 heteroatoms. The minimum Gasteiger partial charge on any atom is -0.396 e. The van der Waals surface area contributed by atoms with Crippen molar-refractivity contribution in [2.75, 3.05) is 26.2 Å². The van der Waals surface area contributed by atoms with Gasteiger partial charge in [-0.1, -0.05) is 34.6 Å². The zero-order chi connectivity index (χ0) is 14.7. The minimum absolute atomic E-state index is 0.278. The number of aliphatic hydroxyl groups excluding tert-OH is 1. The van der Waals surface area contributed by atoms with Gasteiger partial charge in [0.05, 0.1) is 0 Å². The van der Waals surface area contributed by atoms with Gasteiger partial charge >= 0.3 is 0 Å². The summed E-state index contributed by atoms with van der Waals surface area (Å²) in [6.45, 7) is 14.9. The van der Waals surface area contributed by atoms with Crippen LogP contribution in [0.1, 0.15) is 60.3 Å². The van der Waals surface area contributed by atoms with Gasteiger partial charge in [0.25, 0.3) is 0 Å². The van der Waals surface area contributed by atoms with Gasteiger partial charge < -0.3 is 10.4 Å². The fraction of sp³-hybridized carbons (Fsp3) is 1.00. The zero-order valence-electron chi connectivity index (χ0n) is 13.8. The van der Waals surface area contributed by atoms with Gasteiger partial charge in [-0.25, -0.2) is 0 Å².